The Balaban J connectivity index is 1.50. The molecule has 2 saturated heterocycles. The van der Waals surface area contributed by atoms with Crippen molar-refractivity contribution < 1.29 is 53.4 Å². The molecule has 5 N–H and O–H groups in total. The number of likely N-dealkylation sites (N-methyl/N-ethyl adjacent to an activating group) is 2. The zero-order valence-corrected chi connectivity index (χ0v) is 42.8. The SMILES string of the molecule is CC[C@H]1OC(=O)[C@H](C)[C@@H](OC(=O)Cc2ccccn2)[C@H](C)[C@@H](O[C@@H]2O[C@H](C)C[C@H](N(C)C)[C@H]2O)[C@](C)(OC(=O)CCNCCC#Cc2ccc3[nH]ccc(=O)c3c2)C[C@@H](C)CN(C)[C@H](C)[C@@H](O)[C@]1(C)O. The lowest BCUT2D eigenvalue weighted by atomic mass is 9.77. The monoisotopic (exact) mass is 976 g/mol. The number of carbonyl (C=O) groups is 3. The van der Waals surface area contributed by atoms with Crippen molar-refractivity contribution in [3.8, 4) is 11.8 Å². The number of aromatic nitrogens is 2. The highest BCUT2D eigenvalue weighted by Gasteiger charge is 2.53. The number of benzene rings is 1. The van der Waals surface area contributed by atoms with E-state index in [1.54, 1.807) is 71.3 Å². The highest BCUT2D eigenvalue weighted by atomic mass is 16.7. The molecule has 5 rings (SSSR count). The van der Waals surface area contributed by atoms with E-state index in [4.69, 9.17) is 23.7 Å². The van der Waals surface area contributed by atoms with Crippen LogP contribution in [0.5, 0.6) is 0 Å². The standard InChI is InChI=1S/C53H77N5O12/c1-12-43-53(8,65)48(63)36(6)58(11)31-32(2)30-52(7,70-44(60)22-25-54-23-15-13-17-37-19-20-40-39(28-37)42(59)21-26-56-40)49(69-51-46(62)41(57(9)10)27-33(3)66-51)34(4)47(35(5)50(64)67-43)68-45(61)29-38-18-14-16-24-55-38/h14,16,18-21,24,26,28,32-36,41,43,46-49,51,54,62-63,65H,12,15,22-23,25,27,29-31H2,1-11H3,(H,56,59)/t32-,33-,34+,35-,36-,41+,43-,46-,47+,48-,49-,51+,52-,53-/m1/s1. The third-order valence-electron chi connectivity index (χ3n) is 14.0. The first kappa shape index (κ1) is 56.1. The van der Waals surface area contributed by atoms with Gasteiger partial charge in [0.15, 0.2) is 11.7 Å². The van der Waals surface area contributed by atoms with Crippen LogP contribution in [0.15, 0.2) is 59.7 Å². The Labute approximate surface area is 412 Å². The number of aliphatic hydroxyl groups is 3. The maximum absolute atomic E-state index is 14.4. The molecule has 14 atom stereocenters. The van der Waals surface area contributed by atoms with Crippen LogP contribution in [0.4, 0.5) is 0 Å². The molecule has 2 aliphatic rings. The number of aliphatic hydroxyl groups excluding tert-OH is 2. The van der Waals surface area contributed by atoms with E-state index in [-0.39, 0.29) is 55.7 Å². The normalized spacial score (nSPS) is 32.8. The Morgan fingerprint density at radius 1 is 1.04 bits per heavy atom. The van der Waals surface area contributed by atoms with Gasteiger partial charge in [-0.1, -0.05) is 38.7 Å². The first-order chi connectivity index (χ1) is 33.1. The van der Waals surface area contributed by atoms with E-state index in [0.717, 1.165) is 5.52 Å². The number of ether oxygens (including phenoxy) is 5. The zero-order valence-electron chi connectivity index (χ0n) is 42.8. The lowest BCUT2D eigenvalue weighted by Crippen LogP contribution is -2.60. The summed E-state index contributed by atoms with van der Waals surface area (Å²) in [6.07, 6.45) is -3.53. The quantitative estimate of drug-likeness (QED) is 0.0708. The summed E-state index contributed by atoms with van der Waals surface area (Å²) < 4.78 is 32.3. The van der Waals surface area contributed by atoms with E-state index in [2.05, 4.69) is 27.1 Å². The molecule has 2 fully saturated rings. The summed E-state index contributed by atoms with van der Waals surface area (Å²) in [6.45, 7) is 14.9. The zero-order chi connectivity index (χ0) is 51.5. The number of nitrogens with one attached hydrogen (secondary N) is 2. The molecule has 17 heteroatoms. The van der Waals surface area contributed by atoms with Gasteiger partial charge in [-0.05, 0) is 111 Å². The fourth-order valence-corrected chi connectivity index (χ4v) is 10.0. The summed E-state index contributed by atoms with van der Waals surface area (Å²) in [6, 6.07) is 11.1. The molecule has 0 spiro atoms. The highest BCUT2D eigenvalue weighted by Crippen LogP contribution is 2.40. The molecule has 1 aromatic carbocycles. The number of nitrogens with zero attached hydrogens (tertiary/aromatic N) is 3. The van der Waals surface area contributed by atoms with Crippen molar-refractivity contribution in [1.82, 2.24) is 25.1 Å². The van der Waals surface area contributed by atoms with Crippen molar-refractivity contribution in [2.75, 3.05) is 40.8 Å². The van der Waals surface area contributed by atoms with Crippen LogP contribution in [0.1, 0.15) is 98.8 Å². The van der Waals surface area contributed by atoms with Gasteiger partial charge in [0, 0.05) is 79.0 Å². The van der Waals surface area contributed by atoms with Crippen LogP contribution in [-0.2, 0) is 44.5 Å². The number of rotatable bonds is 13. The van der Waals surface area contributed by atoms with Gasteiger partial charge in [0.05, 0.1) is 30.6 Å². The van der Waals surface area contributed by atoms with Gasteiger partial charge in [0.2, 0.25) is 0 Å². The summed E-state index contributed by atoms with van der Waals surface area (Å²) >= 11 is 0. The topological polar surface area (TPSA) is 222 Å². The molecule has 17 nitrogen and oxygen atoms in total. The van der Waals surface area contributed by atoms with Gasteiger partial charge in [-0.25, -0.2) is 0 Å². The van der Waals surface area contributed by atoms with Gasteiger partial charge < -0.3 is 59.1 Å². The summed E-state index contributed by atoms with van der Waals surface area (Å²) in [5, 5.41) is 39.3. The number of pyridine rings is 2. The first-order valence-electron chi connectivity index (χ1n) is 24.6. The van der Waals surface area contributed by atoms with Crippen molar-refractivity contribution in [2.24, 2.45) is 17.8 Å². The second kappa shape index (κ2) is 25.1. The second-order valence-corrected chi connectivity index (χ2v) is 20.2. The Morgan fingerprint density at radius 3 is 2.47 bits per heavy atom. The Kier molecular flexibility index (Phi) is 20.1. The molecule has 386 valence electrons. The van der Waals surface area contributed by atoms with E-state index >= 15 is 0 Å². The molecule has 0 amide bonds. The average molecular weight is 976 g/mol. The van der Waals surface area contributed by atoms with Crippen LogP contribution in [0, 0.1) is 29.6 Å². The molecule has 4 heterocycles. The summed E-state index contributed by atoms with van der Waals surface area (Å²) in [4.78, 5) is 66.1. The Morgan fingerprint density at radius 2 is 1.79 bits per heavy atom. The van der Waals surface area contributed by atoms with Crippen LogP contribution in [0.2, 0.25) is 0 Å². The van der Waals surface area contributed by atoms with Crippen molar-refractivity contribution in [1.29, 1.82) is 0 Å². The molecule has 0 bridgehead atoms. The van der Waals surface area contributed by atoms with Crippen molar-refractivity contribution in [2.45, 2.75) is 160 Å². The highest BCUT2D eigenvalue weighted by molar-refractivity contribution is 5.79. The largest absolute Gasteiger partial charge is 0.461 e. The van der Waals surface area contributed by atoms with E-state index < -0.39 is 83.8 Å². The lowest BCUT2D eigenvalue weighted by Gasteiger charge is -2.48. The van der Waals surface area contributed by atoms with E-state index in [9.17, 15) is 34.5 Å². The molecule has 0 radical (unpaired) electrons. The van der Waals surface area contributed by atoms with Gasteiger partial charge >= 0.3 is 17.9 Å². The van der Waals surface area contributed by atoms with Gasteiger partial charge in [-0.3, -0.25) is 24.2 Å². The van der Waals surface area contributed by atoms with Crippen LogP contribution < -0.4 is 10.7 Å². The van der Waals surface area contributed by atoms with Gasteiger partial charge in [-0.15, -0.1) is 0 Å². The van der Waals surface area contributed by atoms with Gasteiger partial charge in [-0.2, -0.15) is 0 Å². The maximum Gasteiger partial charge on any atom is 0.312 e. The summed E-state index contributed by atoms with van der Waals surface area (Å²) in [5.41, 5.74) is -1.63. The second-order valence-electron chi connectivity index (χ2n) is 20.2. The maximum atomic E-state index is 14.4. The first-order valence-corrected chi connectivity index (χ1v) is 24.6. The van der Waals surface area contributed by atoms with Crippen molar-refractivity contribution in [3.05, 3.63) is 76.3 Å². The molecule has 2 aliphatic heterocycles. The number of hydrogen-bond acceptors (Lipinski definition) is 16. The van der Waals surface area contributed by atoms with Crippen LogP contribution in [-0.4, -0.2) is 160 Å². The van der Waals surface area contributed by atoms with Gasteiger partial charge in [0.1, 0.15) is 41.7 Å². The number of H-pyrrole nitrogens is 1. The number of fused-ring (bicyclic) bond motifs is 1. The summed E-state index contributed by atoms with van der Waals surface area (Å²) in [7, 11) is 5.54. The molecule has 0 unspecified atom stereocenters. The minimum absolute atomic E-state index is 0.0456. The van der Waals surface area contributed by atoms with E-state index in [1.807, 2.05) is 56.9 Å². The number of esters is 3. The number of aromatic amines is 1. The van der Waals surface area contributed by atoms with Crippen molar-refractivity contribution in [3.63, 3.8) is 0 Å². The molecule has 2 aromatic heterocycles. The Bertz CT molecular complexity index is 2320. The molecule has 0 saturated carbocycles. The molecular weight excluding hydrogens is 899 g/mol. The molecule has 70 heavy (non-hydrogen) atoms. The van der Waals surface area contributed by atoms with E-state index in [1.165, 1.54) is 13.0 Å². The number of cyclic esters (lactones) is 1. The minimum atomic E-state index is -1.89. The predicted molar refractivity (Wildman–Crippen MR) is 264 cm³/mol. The minimum Gasteiger partial charge on any atom is -0.461 e. The average Bonchev–Trinajstić information content (AvgIpc) is 3.31. The van der Waals surface area contributed by atoms with Crippen molar-refractivity contribution >= 4 is 28.8 Å². The number of carbonyl (C=O) groups excluding carboxylic acids is 3. The van der Waals surface area contributed by atoms with E-state index in [0.29, 0.717) is 42.6 Å². The molecule has 3 aromatic rings. The van der Waals surface area contributed by atoms with Gasteiger partial charge in [0.25, 0.3) is 0 Å². The lowest BCUT2D eigenvalue weighted by molar-refractivity contribution is -0.301. The van der Waals surface area contributed by atoms with Crippen LogP contribution >= 0.6 is 0 Å². The predicted octanol–water partition coefficient (Wildman–Crippen LogP) is 3.98. The third kappa shape index (κ3) is 14.4. The Hall–Kier alpha value is -4.77. The van der Waals surface area contributed by atoms with Crippen LogP contribution in [0.3, 0.4) is 0 Å². The fraction of sp³-hybridized carbons (Fsp3) is 0.642. The fourth-order valence-electron chi connectivity index (χ4n) is 10.0. The third-order valence-corrected chi connectivity index (χ3v) is 14.0. The number of hydrogen-bond donors (Lipinski definition) is 5. The summed E-state index contributed by atoms with van der Waals surface area (Å²) in [5.74, 6) is 1.76. The van der Waals surface area contributed by atoms with Crippen LogP contribution in [0.25, 0.3) is 10.9 Å². The molecule has 0 aliphatic carbocycles. The molecular formula is C53H77N5O12. The smallest absolute Gasteiger partial charge is 0.312 e.